The predicted octanol–water partition coefficient (Wildman–Crippen LogP) is 3.26. The van der Waals surface area contributed by atoms with Crippen LogP contribution in [-0.4, -0.2) is 36.8 Å². The molecule has 7 heteroatoms. The van der Waals surface area contributed by atoms with Gasteiger partial charge in [0.1, 0.15) is 0 Å². The molecule has 0 spiro atoms. The van der Waals surface area contributed by atoms with Gasteiger partial charge in [0.15, 0.2) is 0 Å². The lowest BCUT2D eigenvalue weighted by Gasteiger charge is -2.42. The van der Waals surface area contributed by atoms with Crippen molar-refractivity contribution < 1.29 is 18.7 Å². The van der Waals surface area contributed by atoms with Gasteiger partial charge >= 0.3 is 7.60 Å². The quantitative estimate of drug-likeness (QED) is 0.448. The Morgan fingerprint density at radius 3 is 2.40 bits per heavy atom. The van der Waals surface area contributed by atoms with Gasteiger partial charge in [0.05, 0.1) is 31.7 Å². The third-order valence-electron chi connectivity index (χ3n) is 3.71. The Hall–Kier alpha value is 0.525. The number of rotatable bonds is 6. The molecule has 116 valence electrons. The summed E-state index contributed by atoms with van der Waals surface area (Å²) in [6.45, 7) is 7.69. The van der Waals surface area contributed by atoms with Gasteiger partial charge in [-0.2, -0.15) is 12.6 Å². The zero-order valence-electron chi connectivity index (χ0n) is 12.7. The highest BCUT2D eigenvalue weighted by Crippen LogP contribution is 2.54. The minimum absolute atomic E-state index is 0.0204. The SMILES string of the molecule is [B]C1CCC(C(C)C)C(O)C1OP(=O)(CS)OC(C)C. The van der Waals surface area contributed by atoms with Crippen LogP contribution in [0.3, 0.4) is 0 Å². The molecule has 0 amide bonds. The van der Waals surface area contributed by atoms with E-state index < -0.39 is 19.8 Å². The minimum Gasteiger partial charge on any atom is -0.390 e. The lowest BCUT2D eigenvalue weighted by Crippen LogP contribution is -2.44. The maximum absolute atomic E-state index is 12.5. The van der Waals surface area contributed by atoms with Gasteiger partial charge in [-0.25, -0.2) is 0 Å². The highest BCUT2D eigenvalue weighted by atomic mass is 32.1. The fraction of sp³-hybridized carbons (Fsp3) is 1.00. The van der Waals surface area contributed by atoms with Crippen molar-refractivity contribution in [2.75, 3.05) is 5.49 Å². The second-order valence-corrected chi connectivity index (χ2v) is 8.89. The van der Waals surface area contributed by atoms with Crippen molar-refractivity contribution in [2.45, 2.75) is 64.7 Å². The monoisotopic (exact) mass is 320 g/mol. The van der Waals surface area contributed by atoms with E-state index >= 15 is 0 Å². The zero-order chi connectivity index (χ0) is 15.5. The highest BCUT2D eigenvalue weighted by molar-refractivity contribution is 7.88. The third kappa shape index (κ3) is 4.77. The van der Waals surface area contributed by atoms with Gasteiger partial charge in [0.2, 0.25) is 0 Å². The zero-order valence-corrected chi connectivity index (χ0v) is 14.5. The standard InChI is InChI=1S/C13H26BO4PS/c1-8(2)10-5-6-11(14)13(12(10)15)18-19(16,7-20)17-9(3)4/h8-13,15,20H,5-7H2,1-4H3. The lowest BCUT2D eigenvalue weighted by molar-refractivity contribution is -0.0508. The van der Waals surface area contributed by atoms with Crippen LogP contribution in [0.2, 0.25) is 5.82 Å². The molecule has 1 N–H and O–H groups in total. The van der Waals surface area contributed by atoms with Gasteiger partial charge < -0.3 is 14.2 Å². The average molecular weight is 320 g/mol. The van der Waals surface area contributed by atoms with Crippen LogP contribution in [0, 0.1) is 11.8 Å². The molecule has 1 saturated carbocycles. The van der Waals surface area contributed by atoms with E-state index in [9.17, 15) is 9.67 Å². The molecule has 0 aliphatic heterocycles. The number of thiol groups is 1. The van der Waals surface area contributed by atoms with Crippen LogP contribution < -0.4 is 0 Å². The van der Waals surface area contributed by atoms with E-state index in [4.69, 9.17) is 16.9 Å². The summed E-state index contributed by atoms with van der Waals surface area (Å²) in [5, 5.41) is 10.5. The third-order valence-corrected chi connectivity index (χ3v) is 6.41. The molecular weight excluding hydrogens is 294 g/mol. The van der Waals surface area contributed by atoms with E-state index in [0.717, 1.165) is 12.8 Å². The Bertz CT molecular complexity index is 353. The topological polar surface area (TPSA) is 55.8 Å². The van der Waals surface area contributed by atoms with Crippen molar-refractivity contribution in [1.29, 1.82) is 0 Å². The molecule has 5 unspecified atom stereocenters. The summed E-state index contributed by atoms with van der Waals surface area (Å²) < 4.78 is 23.5. The molecule has 0 aromatic heterocycles. The Kier molecular flexibility index (Phi) is 7.14. The number of hydrogen-bond acceptors (Lipinski definition) is 5. The predicted molar refractivity (Wildman–Crippen MR) is 85.6 cm³/mol. The Labute approximate surface area is 129 Å². The normalized spacial score (nSPS) is 34.4. The molecule has 0 aromatic carbocycles. The summed E-state index contributed by atoms with van der Waals surface area (Å²) in [6.07, 6.45) is -0.00373. The second kappa shape index (κ2) is 7.69. The summed E-state index contributed by atoms with van der Waals surface area (Å²) in [5.74, 6) is 0.0983. The molecule has 0 saturated heterocycles. The van der Waals surface area contributed by atoms with Crippen LogP contribution in [0.5, 0.6) is 0 Å². The lowest BCUT2D eigenvalue weighted by atomic mass is 9.66. The molecule has 4 nitrogen and oxygen atoms in total. The summed E-state index contributed by atoms with van der Waals surface area (Å²) in [6, 6.07) is 0. The van der Waals surface area contributed by atoms with Gasteiger partial charge in [-0.3, -0.25) is 4.57 Å². The second-order valence-electron chi connectivity index (χ2n) is 6.12. The van der Waals surface area contributed by atoms with Gasteiger partial charge in [-0.15, -0.1) is 0 Å². The van der Waals surface area contributed by atoms with Gasteiger partial charge in [-0.05, 0) is 37.9 Å². The van der Waals surface area contributed by atoms with Gasteiger partial charge in [0, 0.05) is 0 Å². The van der Waals surface area contributed by atoms with Crippen molar-refractivity contribution >= 4 is 28.1 Å². The molecule has 1 rings (SSSR count). The van der Waals surface area contributed by atoms with Crippen molar-refractivity contribution in [3.8, 4) is 0 Å². The number of hydrogen-bond donors (Lipinski definition) is 2. The van der Waals surface area contributed by atoms with Crippen molar-refractivity contribution in [2.24, 2.45) is 11.8 Å². The first-order chi connectivity index (χ1) is 9.20. The summed E-state index contributed by atoms with van der Waals surface area (Å²) in [7, 11) is 2.71. The van der Waals surface area contributed by atoms with Crippen LogP contribution in [0.4, 0.5) is 0 Å². The largest absolute Gasteiger partial charge is 0.390 e. The molecule has 0 heterocycles. The van der Waals surface area contributed by atoms with Gasteiger partial charge in [0.25, 0.3) is 0 Å². The smallest absolute Gasteiger partial charge is 0.340 e. The fourth-order valence-electron chi connectivity index (χ4n) is 2.68. The molecule has 0 bridgehead atoms. The molecule has 1 fully saturated rings. The molecular formula is C13H26BO4PS. The Morgan fingerprint density at radius 1 is 1.35 bits per heavy atom. The maximum Gasteiger partial charge on any atom is 0.340 e. The van der Waals surface area contributed by atoms with E-state index in [0.29, 0.717) is 5.92 Å². The van der Waals surface area contributed by atoms with E-state index in [1.165, 1.54) is 0 Å². The Balaban J connectivity index is 2.83. The molecule has 20 heavy (non-hydrogen) atoms. The van der Waals surface area contributed by atoms with Gasteiger partial charge in [-0.1, -0.05) is 20.3 Å². The van der Waals surface area contributed by atoms with Crippen LogP contribution in [0.1, 0.15) is 40.5 Å². The molecule has 1 aliphatic carbocycles. The van der Waals surface area contributed by atoms with E-state index in [1.54, 1.807) is 13.8 Å². The molecule has 0 aromatic rings. The van der Waals surface area contributed by atoms with E-state index in [2.05, 4.69) is 26.5 Å². The first-order valence-corrected chi connectivity index (χ1v) is 9.56. The average Bonchev–Trinajstić information content (AvgIpc) is 2.33. The van der Waals surface area contributed by atoms with E-state index in [-0.39, 0.29) is 23.3 Å². The summed E-state index contributed by atoms with van der Waals surface area (Å²) in [4.78, 5) is 0. The van der Waals surface area contributed by atoms with Crippen LogP contribution in [0.15, 0.2) is 0 Å². The van der Waals surface area contributed by atoms with Crippen molar-refractivity contribution in [3.63, 3.8) is 0 Å². The Morgan fingerprint density at radius 2 is 1.95 bits per heavy atom. The molecule has 1 aliphatic rings. The van der Waals surface area contributed by atoms with Crippen molar-refractivity contribution in [3.05, 3.63) is 0 Å². The first kappa shape index (κ1) is 18.6. The summed E-state index contributed by atoms with van der Waals surface area (Å²) >= 11 is 4.06. The van der Waals surface area contributed by atoms with Crippen LogP contribution in [-0.2, 0) is 13.6 Å². The minimum atomic E-state index is -3.33. The number of aliphatic hydroxyl groups is 1. The molecule has 2 radical (unpaired) electrons. The van der Waals surface area contributed by atoms with Crippen molar-refractivity contribution in [1.82, 2.24) is 0 Å². The summed E-state index contributed by atoms with van der Waals surface area (Å²) in [5.41, 5.74) is -0.0204. The van der Waals surface area contributed by atoms with Crippen LogP contribution >= 0.6 is 20.2 Å². The highest BCUT2D eigenvalue weighted by Gasteiger charge is 2.42. The van der Waals surface area contributed by atoms with E-state index in [1.807, 2.05) is 0 Å². The molecule has 5 atom stereocenters. The fourth-order valence-corrected chi connectivity index (χ4v) is 4.56. The van der Waals surface area contributed by atoms with Crippen LogP contribution in [0.25, 0.3) is 0 Å². The number of aliphatic hydroxyl groups excluding tert-OH is 1. The first-order valence-electron chi connectivity index (χ1n) is 7.20. The maximum atomic E-state index is 12.5.